The molecule has 70 valence electrons. The molecule has 2 aromatic rings. The van der Waals surface area contributed by atoms with Gasteiger partial charge in [-0.3, -0.25) is 9.20 Å². The molecule has 2 rings (SSSR count). The zero-order valence-electron chi connectivity index (χ0n) is 7.01. The van der Waals surface area contributed by atoms with Gasteiger partial charge in [0.15, 0.2) is 0 Å². The van der Waals surface area contributed by atoms with E-state index in [9.17, 15) is 14.7 Å². The minimum Gasteiger partial charge on any atom is -0.545 e. The van der Waals surface area contributed by atoms with Crippen molar-refractivity contribution >= 4 is 11.6 Å². The molecule has 2 heterocycles. The fraction of sp³-hybridized carbons (Fsp3) is 0. The van der Waals surface area contributed by atoms with Crippen LogP contribution in [0, 0.1) is 0 Å². The third-order valence-corrected chi connectivity index (χ3v) is 1.83. The first kappa shape index (κ1) is 8.43. The Morgan fingerprint density at radius 1 is 1.43 bits per heavy atom. The Morgan fingerprint density at radius 2 is 2.21 bits per heavy atom. The summed E-state index contributed by atoms with van der Waals surface area (Å²) in [5, 5.41) is 10.5. The van der Waals surface area contributed by atoms with Gasteiger partial charge in [-0.2, -0.15) is 0 Å². The van der Waals surface area contributed by atoms with Crippen molar-refractivity contribution in [2.75, 3.05) is 0 Å². The van der Waals surface area contributed by atoms with E-state index in [0.29, 0.717) is 5.65 Å². The average molecular weight is 189 g/mol. The fourth-order valence-electron chi connectivity index (χ4n) is 1.17. The van der Waals surface area contributed by atoms with E-state index in [2.05, 4.69) is 4.98 Å². The van der Waals surface area contributed by atoms with Crippen molar-refractivity contribution in [3.8, 4) is 0 Å². The molecule has 0 N–H and O–H groups in total. The Bertz CT molecular complexity index is 559. The number of aromatic carboxylic acids is 1. The largest absolute Gasteiger partial charge is 0.545 e. The third kappa shape index (κ3) is 1.15. The summed E-state index contributed by atoms with van der Waals surface area (Å²) >= 11 is 0. The molecule has 0 unspecified atom stereocenters. The molecule has 5 heteroatoms. The molecule has 0 bridgehead atoms. The number of pyridine rings is 1. The lowest BCUT2D eigenvalue weighted by atomic mass is 10.3. The maximum atomic E-state index is 11.5. The monoisotopic (exact) mass is 189 g/mol. The standard InChI is InChI=1S/C9H6N2O3/c12-8-6(9(13)14)5-10-7-3-1-2-4-11(7)8/h1-5H,(H,13,14)/p-1. The van der Waals surface area contributed by atoms with Crippen LogP contribution in [0.15, 0.2) is 35.4 Å². The van der Waals surface area contributed by atoms with Crippen molar-refractivity contribution in [3.05, 3.63) is 46.5 Å². The zero-order valence-corrected chi connectivity index (χ0v) is 7.01. The van der Waals surface area contributed by atoms with Gasteiger partial charge in [0.1, 0.15) is 5.65 Å². The predicted molar refractivity (Wildman–Crippen MR) is 45.8 cm³/mol. The van der Waals surface area contributed by atoms with Gasteiger partial charge in [-0.05, 0) is 12.1 Å². The quantitative estimate of drug-likeness (QED) is 0.580. The van der Waals surface area contributed by atoms with Crippen molar-refractivity contribution in [2.45, 2.75) is 0 Å². The van der Waals surface area contributed by atoms with E-state index in [4.69, 9.17) is 0 Å². The SMILES string of the molecule is O=C([O-])c1cnc2ccccn2c1=O. The second-order valence-electron chi connectivity index (χ2n) is 2.69. The van der Waals surface area contributed by atoms with Gasteiger partial charge in [0.2, 0.25) is 0 Å². The highest BCUT2D eigenvalue weighted by Crippen LogP contribution is 1.96. The maximum absolute atomic E-state index is 11.5. The number of carbonyl (C=O) groups excluding carboxylic acids is 1. The molecule has 0 atom stereocenters. The lowest BCUT2D eigenvalue weighted by Gasteiger charge is -2.03. The van der Waals surface area contributed by atoms with Crippen LogP contribution in [-0.4, -0.2) is 15.4 Å². The first-order chi connectivity index (χ1) is 6.70. The number of carboxylic acid groups (broad SMARTS) is 1. The van der Waals surface area contributed by atoms with Crippen molar-refractivity contribution < 1.29 is 9.90 Å². The third-order valence-electron chi connectivity index (χ3n) is 1.83. The van der Waals surface area contributed by atoms with Gasteiger partial charge in [0, 0.05) is 12.4 Å². The van der Waals surface area contributed by atoms with Crippen LogP contribution in [-0.2, 0) is 0 Å². The maximum Gasteiger partial charge on any atom is 0.266 e. The summed E-state index contributed by atoms with van der Waals surface area (Å²) < 4.78 is 1.16. The van der Waals surface area contributed by atoms with Gasteiger partial charge < -0.3 is 9.90 Å². The highest BCUT2D eigenvalue weighted by Gasteiger charge is 2.03. The molecule has 0 aliphatic heterocycles. The minimum absolute atomic E-state index is 0.405. The highest BCUT2D eigenvalue weighted by molar-refractivity contribution is 5.85. The molecule has 0 radical (unpaired) electrons. The van der Waals surface area contributed by atoms with Crippen LogP contribution in [0.3, 0.4) is 0 Å². The number of carbonyl (C=O) groups is 1. The van der Waals surface area contributed by atoms with Crippen molar-refractivity contribution in [2.24, 2.45) is 0 Å². The van der Waals surface area contributed by atoms with Gasteiger partial charge in [-0.1, -0.05) is 6.07 Å². The van der Waals surface area contributed by atoms with Gasteiger partial charge in [-0.15, -0.1) is 0 Å². The lowest BCUT2D eigenvalue weighted by molar-refractivity contribution is -0.255. The van der Waals surface area contributed by atoms with Crippen LogP contribution in [0.2, 0.25) is 0 Å². The molecule has 2 aromatic heterocycles. The van der Waals surface area contributed by atoms with Gasteiger partial charge >= 0.3 is 0 Å². The molecule has 0 amide bonds. The van der Waals surface area contributed by atoms with E-state index >= 15 is 0 Å². The molecule has 0 spiro atoms. The van der Waals surface area contributed by atoms with E-state index in [1.54, 1.807) is 18.2 Å². The summed E-state index contributed by atoms with van der Waals surface area (Å²) in [5.41, 5.74) is -0.660. The topological polar surface area (TPSA) is 74.5 Å². The Hall–Kier alpha value is -2.17. The van der Waals surface area contributed by atoms with E-state index in [1.165, 1.54) is 6.20 Å². The summed E-state index contributed by atoms with van der Waals surface area (Å²) in [6, 6.07) is 4.94. The molecule has 0 aliphatic carbocycles. The van der Waals surface area contributed by atoms with Gasteiger partial charge in [0.05, 0.1) is 11.5 Å². The second-order valence-corrected chi connectivity index (χ2v) is 2.69. The minimum atomic E-state index is -1.51. The highest BCUT2D eigenvalue weighted by atomic mass is 16.4. The van der Waals surface area contributed by atoms with Crippen LogP contribution in [0.1, 0.15) is 10.4 Å². The molecule has 0 aromatic carbocycles. The number of fused-ring (bicyclic) bond motifs is 1. The number of hydrogen-bond donors (Lipinski definition) is 0. The lowest BCUT2D eigenvalue weighted by Crippen LogP contribution is -2.31. The Labute approximate surface area is 78.3 Å². The summed E-state index contributed by atoms with van der Waals surface area (Å²) in [7, 11) is 0. The Balaban J connectivity index is 2.89. The zero-order chi connectivity index (χ0) is 10.1. The summed E-state index contributed by atoms with van der Waals surface area (Å²) in [4.78, 5) is 25.8. The van der Waals surface area contributed by atoms with Gasteiger partial charge in [-0.25, -0.2) is 4.98 Å². The molecule has 0 saturated carbocycles. The summed E-state index contributed by atoms with van der Waals surface area (Å²) in [5.74, 6) is -1.51. The molecular formula is C9H5N2O3-. The smallest absolute Gasteiger partial charge is 0.266 e. The molecule has 14 heavy (non-hydrogen) atoms. The van der Waals surface area contributed by atoms with Crippen LogP contribution in [0.4, 0.5) is 0 Å². The summed E-state index contributed by atoms with van der Waals surface area (Å²) in [6.07, 6.45) is 2.46. The van der Waals surface area contributed by atoms with Crippen LogP contribution in [0.25, 0.3) is 5.65 Å². The molecule has 0 aliphatic rings. The fourth-order valence-corrected chi connectivity index (χ4v) is 1.17. The van der Waals surface area contributed by atoms with E-state index in [1.807, 2.05) is 0 Å². The molecular weight excluding hydrogens is 184 g/mol. The number of carboxylic acids is 1. The molecule has 5 nitrogen and oxygen atoms in total. The van der Waals surface area contributed by atoms with Crippen molar-refractivity contribution in [3.63, 3.8) is 0 Å². The Kier molecular flexibility index (Phi) is 1.78. The van der Waals surface area contributed by atoms with Crippen LogP contribution < -0.4 is 10.7 Å². The van der Waals surface area contributed by atoms with Crippen molar-refractivity contribution in [1.82, 2.24) is 9.38 Å². The first-order valence-electron chi connectivity index (χ1n) is 3.88. The van der Waals surface area contributed by atoms with E-state index < -0.39 is 17.1 Å². The number of nitrogens with zero attached hydrogens (tertiary/aromatic N) is 2. The molecule has 0 saturated heterocycles. The number of rotatable bonds is 1. The first-order valence-corrected chi connectivity index (χ1v) is 3.88. The Morgan fingerprint density at radius 3 is 2.93 bits per heavy atom. The number of hydrogen-bond acceptors (Lipinski definition) is 4. The summed E-state index contributed by atoms with van der Waals surface area (Å²) in [6.45, 7) is 0. The van der Waals surface area contributed by atoms with E-state index in [0.717, 1.165) is 10.6 Å². The van der Waals surface area contributed by atoms with Crippen LogP contribution in [0.5, 0.6) is 0 Å². The van der Waals surface area contributed by atoms with Crippen LogP contribution >= 0.6 is 0 Å². The number of aromatic nitrogens is 2. The predicted octanol–water partition coefficient (Wildman–Crippen LogP) is -0.942. The normalized spacial score (nSPS) is 10.3. The molecule has 0 fully saturated rings. The second kappa shape index (κ2) is 2.95. The van der Waals surface area contributed by atoms with Crippen molar-refractivity contribution in [1.29, 1.82) is 0 Å². The van der Waals surface area contributed by atoms with Gasteiger partial charge in [0.25, 0.3) is 5.56 Å². The van der Waals surface area contributed by atoms with E-state index in [-0.39, 0.29) is 0 Å². The average Bonchev–Trinajstić information content (AvgIpc) is 2.18.